The topological polar surface area (TPSA) is 46.3 Å². The molecule has 1 aromatic rings. The zero-order valence-electron chi connectivity index (χ0n) is 12.6. The quantitative estimate of drug-likeness (QED) is 0.836. The molecule has 2 rings (SSSR count). The molecule has 20 heavy (non-hydrogen) atoms. The molecular formula is C17H26N2O. The summed E-state index contributed by atoms with van der Waals surface area (Å²) in [5.74, 6) is 1.06. The Morgan fingerprint density at radius 2 is 2.10 bits per heavy atom. The third-order valence-corrected chi connectivity index (χ3v) is 4.40. The van der Waals surface area contributed by atoms with Gasteiger partial charge >= 0.3 is 0 Å². The van der Waals surface area contributed by atoms with Crippen molar-refractivity contribution < 1.29 is 4.79 Å². The number of nitrogens with zero attached hydrogens (tertiary/aromatic N) is 1. The van der Waals surface area contributed by atoms with Gasteiger partial charge in [0.2, 0.25) is 5.91 Å². The van der Waals surface area contributed by atoms with E-state index in [0.717, 1.165) is 30.6 Å². The lowest BCUT2D eigenvalue weighted by molar-refractivity contribution is -0.137. The van der Waals surface area contributed by atoms with Gasteiger partial charge in [0.05, 0.1) is 0 Å². The fourth-order valence-corrected chi connectivity index (χ4v) is 3.17. The molecule has 0 aromatic heterocycles. The number of nitrogen functional groups attached to an aromatic ring is 1. The number of para-hydroxylation sites is 1. The van der Waals surface area contributed by atoms with E-state index < -0.39 is 0 Å². The Morgan fingerprint density at radius 3 is 2.70 bits per heavy atom. The van der Waals surface area contributed by atoms with Crippen LogP contribution in [0.25, 0.3) is 0 Å². The Kier molecular flexibility index (Phi) is 5.05. The van der Waals surface area contributed by atoms with Crippen LogP contribution < -0.4 is 5.73 Å². The van der Waals surface area contributed by atoms with E-state index >= 15 is 0 Å². The van der Waals surface area contributed by atoms with Crippen molar-refractivity contribution in [2.24, 2.45) is 11.8 Å². The number of carbonyl (C=O) groups is 1. The molecule has 0 spiro atoms. The van der Waals surface area contributed by atoms with Crippen molar-refractivity contribution in [1.82, 2.24) is 4.90 Å². The van der Waals surface area contributed by atoms with Crippen LogP contribution in [0.15, 0.2) is 24.3 Å². The first-order valence-corrected chi connectivity index (χ1v) is 7.75. The minimum atomic E-state index is 0.214. The molecule has 1 aliphatic rings. The molecule has 0 radical (unpaired) electrons. The van der Waals surface area contributed by atoms with E-state index in [-0.39, 0.29) is 5.92 Å². The highest BCUT2D eigenvalue weighted by molar-refractivity contribution is 5.79. The van der Waals surface area contributed by atoms with E-state index in [1.807, 2.05) is 29.2 Å². The van der Waals surface area contributed by atoms with Crippen LogP contribution in [0.2, 0.25) is 0 Å². The average molecular weight is 274 g/mol. The van der Waals surface area contributed by atoms with Crippen LogP contribution in [0, 0.1) is 11.8 Å². The Labute approximate surface area is 122 Å². The summed E-state index contributed by atoms with van der Waals surface area (Å²) in [4.78, 5) is 14.7. The summed E-state index contributed by atoms with van der Waals surface area (Å²) in [5, 5.41) is 0. The molecule has 0 bridgehead atoms. The maximum Gasteiger partial charge on any atom is 0.226 e. The third kappa shape index (κ3) is 3.33. The summed E-state index contributed by atoms with van der Waals surface area (Å²) in [6.07, 6.45) is 4.40. The van der Waals surface area contributed by atoms with Gasteiger partial charge in [-0.2, -0.15) is 0 Å². The van der Waals surface area contributed by atoms with Gasteiger partial charge in [0, 0.05) is 24.7 Å². The van der Waals surface area contributed by atoms with E-state index in [9.17, 15) is 4.79 Å². The van der Waals surface area contributed by atoms with Crippen LogP contribution in [0.1, 0.15) is 45.1 Å². The molecule has 1 aromatic carbocycles. The van der Waals surface area contributed by atoms with E-state index in [0.29, 0.717) is 18.4 Å². The first kappa shape index (κ1) is 14.9. The number of rotatable bonds is 5. The third-order valence-electron chi connectivity index (χ3n) is 4.40. The minimum Gasteiger partial charge on any atom is -0.398 e. The number of hydrogen-bond donors (Lipinski definition) is 1. The lowest BCUT2D eigenvalue weighted by atomic mass is 9.96. The van der Waals surface area contributed by atoms with Crippen molar-refractivity contribution in [2.45, 2.75) is 46.1 Å². The highest BCUT2D eigenvalue weighted by Crippen LogP contribution is 2.33. The summed E-state index contributed by atoms with van der Waals surface area (Å²) >= 11 is 0. The second kappa shape index (κ2) is 6.78. The first-order chi connectivity index (χ1) is 9.63. The zero-order valence-corrected chi connectivity index (χ0v) is 12.6. The van der Waals surface area contributed by atoms with Crippen LogP contribution in [-0.2, 0) is 11.3 Å². The standard InChI is InChI=1S/C17H26N2O/c1-3-11-19(12-14-8-4-5-10-16(14)18)17(20)15-9-6-7-13(15)2/h4-5,8,10,13,15H,3,6-7,9,11-12,18H2,1-2H3. The first-order valence-electron chi connectivity index (χ1n) is 7.75. The summed E-state index contributed by atoms with van der Waals surface area (Å²) in [6, 6.07) is 7.84. The monoisotopic (exact) mass is 274 g/mol. The Morgan fingerprint density at radius 1 is 1.35 bits per heavy atom. The molecule has 1 aliphatic carbocycles. The van der Waals surface area contributed by atoms with Crippen molar-refractivity contribution >= 4 is 11.6 Å². The number of anilines is 1. The van der Waals surface area contributed by atoms with E-state index in [4.69, 9.17) is 5.73 Å². The Balaban J connectivity index is 2.10. The molecule has 0 aliphatic heterocycles. The summed E-state index contributed by atoms with van der Waals surface area (Å²) in [5.41, 5.74) is 7.84. The van der Waals surface area contributed by atoms with Gasteiger partial charge in [-0.15, -0.1) is 0 Å². The van der Waals surface area contributed by atoms with Crippen molar-refractivity contribution in [3.05, 3.63) is 29.8 Å². The Hall–Kier alpha value is -1.51. The minimum absolute atomic E-state index is 0.214. The van der Waals surface area contributed by atoms with Crippen molar-refractivity contribution in [3.63, 3.8) is 0 Å². The number of amides is 1. The van der Waals surface area contributed by atoms with Gasteiger partial charge < -0.3 is 10.6 Å². The van der Waals surface area contributed by atoms with Crippen LogP contribution in [0.3, 0.4) is 0 Å². The molecule has 1 saturated carbocycles. The number of carbonyl (C=O) groups excluding carboxylic acids is 1. The van der Waals surface area contributed by atoms with Gasteiger partial charge in [-0.25, -0.2) is 0 Å². The van der Waals surface area contributed by atoms with Crippen LogP contribution in [-0.4, -0.2) is 17.4 Å². The molecule has 0 heterocycles. The molecule has 1 fully saturated rings. The van der Waals surface area contributed by atoms with Crippen LogP contribution >= 0.6 is 0 Å². The molecule has 2 atom stereocenters. The maximum atomic E-state index is 12.7. The number of nitrogens with two attached hydrogens (primary N) is 1. The average Bonchev–Trinajstić information content (AvgIpc) is 2.86. The molecule has 0 saturated heterocycles. The van der Waals surface area contributed by atoms with Gasteiger partial charge in [-0.3, -0.25) is 4.79 Å². The number of benzene rings is 1. The normalized spacial score (nSPS) is 21.9. The summed E-state index contributed by atoms with van der Waals surface area (Å²) in [6.45, 7) is 5.78. The lowest BCUT2D eigenvalue weighted by Crippen LogP contribution is -2.37. The van der Waals surface area contributed by atoms with Crippen molar-refractivity contribution in [3.8, 4) is 0 Å². The van der Waals surface area contributed by atoms with Gasteiger partial charge in [-0.1, -0.05) is 38.5 Å². The maximum absolute atomic E-state index is 12.7. The summed E-state index contributed by atoms with van der Waals surface area (Å²) in [7, 11) is 0. The molecule has 2 unspecified atom stereocenters. The molecule has 110 valence electrons. The molecule has 3 heteroatoms. The van der Waals surface area contributed by atoms with Gasteiger partial charge in [0.15, 0.2) is 0 Å². The molecule has 2 N–H and O–H groups in total. The van der Waals surface area contributed by atoms with Crippen molar-refractivity contribution in [2.75, 3.05) is 12.3 Å². The fraction of sp³-hybridized carbons (Fsp3) is 0.588. The van der Waals surface area contributed by atoms with Crippen LogP contribution in [0.4, 0.5) is 5.69 Å². The number of hydrogen-bond acceptors (Lipinski definition) is 2. The lowest BCUT2D eigenvalue weighted by Gasteiger charge is -2.27. The van der Waals surface area contributed by atoms with Gasteiger partial charge in [-0.05, 0) is 36.8 Å². The SMILES string of the molecule is CCCN(Cc1ccccc1N)C(=O)C1CCCC1C. The van der Waals surface area contributed by atoms with E-state index in [1.54, 1.807) is 0 Å². The van der Waals surface area contributed by atoms with Gasteiger partial charge in [0.1, 0.15) is 0 Å². The smallest absolute Gasteiger partial charge is 0.226 e. The molecule has 1 amide bonds. The van der Waals surface area contributed by atoms with Gasteiger partial charge in [0.25, 0.3) is 0 Å². The molecule has 3 nitrogen and oxygen atoms in total. The summed E-state index contributed by atoms with van der Waals surface area (Å²) < 4.78 is 0. The second-order valence-corrected chi connectivity index (χ2v) is 5.97. The zero-order chi connectivity index (χ0) is 14.5. The largest absolute Gasteiger partial charge is 0.398 e. The highest BCUT2D eigenvalue weighted by Gasteiger charge is 2.32. The van der Waals surface area contributed by atoms with E-state index in [1.165, 1.54) is 12.8 Å². The Bertz CT molecular complexity index is 458. The predicted molar refractivity (Wildman–Crippen MR) is 83.1 cm³/mol. The fourth-order valence-electron chi connectivity index (χ4n) is 3.17. The molecular weight excluding hydrogens is 248 g/mol. The van der Waals surface area contributed by atoms with Crippen LogP contribution in [0.5, 0.6) is 0 Å². The van der Waals surface area contributed by atoms with Crippen molar-refractivity contribution in [1.29, 1.82) is 0 Å². The van der Waals surface area contributed by atoms with E-state index in [2.05, 4.69) is 13.8 Å². The predicted octanol–water partition coefficient (Wildman–Crippen LogP) is 3.44. The second-order valence-electron chi connectivity index (χ2n) is 5.97. The highest BCUT2D eigenvalue weighted by atomic mass is 16.2.